The molecule has 1 spiro atoms. The number of rotatable bonds is 1. The Bertz CT molecular complexity index is 442. The fourth-order valence-corrected chi connectivity index (χ4v) is 2.82. The predicted molar refractivity (Wildman–Crippen MR) is 64.7 cm³/mol. The summed E-state index contributed by atoms with van der Waals surface area (Å²) in [6.45, 7) is 0. The van der Waals surface area contributed by atoms with Gasteiger partial charge in [0.25, 0.3) is 0 Å². The van der Waals surface area contributed by atoms with E-state index < -0.39 is 0 Å². The predicted octanol–water partition coefficient (Wildman–Crippen LogP) is 2.09. The lowest BCUT2D eigenvalue weighted by atomic mass is 9.85. The highest BCUT2D eigenvalue weighted by Gasteiger charge is 2.47. The lowest BCUT2D eigenvalue weighted by Crippen LogP contribution is -2.55. The van der Waals surface area contributed by atoms with Gasteiger partial charge in [0, 0.05) is 4.47 Å². The van der Waals surface area contributed by atoms with Crippen LogP contribution < -0.4 is 10.6 Å². The number of hydrogen-bond acceptors (Lipinski definition) is 2. The maximum Gasteiger partial charge on any atom is 0.243 e. The van der Waals surface area contributed by atoms with E-state index in [0.717, 1.165) is 22.9 Å². The van der Waals surface area contributed by atoms with E-state index in [1.54, 1.807) is 0 Å². The molecule has 16 heavy (non-hydrogen) atoms. The van der Waals surface area contributed by atoms with Crippen molar-refractivity contribution in [1.29, 1.82) is 0 Å². The molecule has 3 nitrogen and oxygen atoms in total. The van der Waals surface area contributed by atoms with Crippen molar-refractivity contribution in [3.8, 4) is 0 Å². The third kappa shape index (κ3) is 1.57. The minimum atomic E-state index is -0.196. The van der Waals surface area contributed by atoms with Crippen LogP contribution in [0.1, 0.15) is 30.9 Å². The van der Waals surface area contributed by atoms with E-state index in [2.05, 4.69) is 26.6 Å². The molecule has 1 amide bonds. The first kappa shape index (κ1) is 10.3. The average molecular weight is 281 g/mol. The monoisotopic (exact) mass is 280 g/mol. The van der Waals surface area contributed by atoms with Gasteiger partial charge in [0.1, 0.15) is 6.04 Å². The molecule has 84 valence electrons. The van der Waals surface area contributed by atoms with Gasteiger partial charge >= 0.3 is 0 Å². The summed E-state index contributed by atoms with van der Waals surface area (Å²) in [7, 11) is 0. The highest BCUT2D eigenvalue weighted by Crippen LogP contribution is 2.36. The number of carbonyl (C=O) groups excluding carboxylic acids is 1. The van der Waals surface area contributed by atoms with Gasteiger partial charge in [0.2, 0.25) is 5.91 Å². The van der Waals surface area contributed by atoms with Gasteiger partial charge in [0.15, 0.2) is 0 Å². The second-order valence-electron chi connectivity index (χ2n) is 4.56. The Morgan fingerprint density at radius 1 is 1.38 bits per heavy atom. The van der Waals surface area contributed by atoms with Crippen molar-refractivity contribution in [2.45, 2.75) is 31.0 Å². The van der Waals surface area contributed by atoms with E-state index in [9.17, 15) is 4.79 Å². The molecule has 2 aliphatic rings. The first-order valence-corrected chi connectivity index (χ1v) is 6.33. The molecular formula is C12H13BrN2O. The second kappa shape index (κ2) is 3.57. The summed E-state index contributed by atoms with van der Waals surface area (Å²) in [4.78, 5) is 11.9. The van der Waals surface area contributed by atoms with E-state index in [1.165, 1.54) is 6.42 Å². The lowest BCUT2D eigenvalue weighted by Gasteiger charge is -2.38. The zero-order valence-corrected chi connectivity index (χ0v) is 10.4. The highest BCUT2D eigenvalue weighted by atomic mass is 79.9. The molecule has 1 saturated heterocycles. The van der Waals surface area contributed by atoms with Gasteiger partial charge in [-0.1, -0.05) is 28.1 Å². The smallest absolute Gasteiger partial charge is 0.243 e. The first-order valence-electron chi connectivity index (χ1n) is 5.54. The summed E-state index contributed by atoms with van der Waals surface area (Å²) in [5.41, 5.74) is 0.917. The largest absolute Gasteiger partial charge is 0.336 e. The molecule has 1 saturated carbocycles. The topological polar surface area (TPSA) is 41.1 Å². The van der Waals surface area contributed by atoms with Crippen molar-refractivity contribution in [2.24, 2.45) is 0 Å². The van der Waals surface area contributed by atoms with Gasteiger partial charge in [-0.3, -0.25) is 10.1 Å². The van der Waals surface area contributed by atoms with E-state index in [-0.39, 0.29) is 17.6 Å². The second-order valence-corrected chi connectivity index (χ2v) is 5.47. The number of amides is 1. The SMILES string of the molecule is O=C1NC2(CCC2)N[C@@H]1c1cccc(Br)c1. The van der Waals surface area contributed by atoms with Crippen LogP contribution in [0.15, 0.2) is 28.7 Å². The molecule has 0 aromatic heterocycles. The summed E-state index contributed by atoms with van der Waals surface area (Å²) < 4.78 is 1.01. The summed E-state index contributed by atoms with van der Waals surface area (Å²) in [5.74, 6) is 0.0952. The fourth-order valence-electron chi connectivity index (χ4n) is 2.41. The molecule has 1 aromatic carbocycles. The Balaban J connectivity index is 1.88. The van der Waals surface area contributed by atoms with Crippen LogP contribution in [0.3, 0.4) is 0 Å². The Morgan fingerprint density at radius 2 is 2.19 bits per heavy atom. The van der Waals surface area contributed by atoms with Crippen LogP contribution in [0.25, 0.3) is 0 Å². The first-order chi connectivity index (χ1) is 7.69. The Labute approximate surface area is 103 Å². The molecule has 1 atom stereocenters. The van der Waals surface area contributed by atoms with Crippen LogP contribution in [0.5, 0.6) is 0 Å². The Kier molecular flexibility index (Phi) is 2.30. The number of nitrogens with one attached hydrogen (secondary N) is 2. The maximum absolute atomic E-state index is 11.9. The lowest BCUT2D eigenvalue weighted by molar-refractivity contribution is -0.121. The van der Waals surface area contributed by atoms with Crippen molar-refractivity contribution >= 4 is 21.8 Å². The van der Waals surface area contributed by atoms with Crippen LogP contribution in [0.2, 0.25) is 0 Å². The molecule has 2 fully saturated rings. The molecule has 2 N–H and O–H groups in total. The minimum Gasteiger partial charge on any atom is -0.336 e. The van der Waals surface area contributed by atoms with E-state index in [4.69, 9.17) is 0 Å². The van der Waals surface area contributed by atoms with Gasteiger partial charge in [-0.15, -0.1) is 0 Å². The number of carbonyl (C=O) groups is 1. The van der Waals surface area contributed by atoms with E-state index >= 15 is 0 Å². The molecular weight excluding hydrogens is 268 g/mol. The number of hydrogen-bond donors (Lipinski definition) is 2. The van der Waals surface area contributed by atoms with Crippen LogP contribution in [-0.2, 0) is 4.79 Å². The minimum absolute atomic E-state index is 0.0952. The molecule has 4 heteroatoms. The van der Waals surface area contributed by atoms with Gasteiger partial charge in [0.05, 0.1) is 5.66 Å². The molecule has 0 radical (unpaired) electrons. The molecule has 0 bridgehead atoms. The van der Waals surface area contributed by atoms with Crippen LogP contribution in [0.4, 0.5) is 0 Å². The van der Waals surface area contributed by atoms with Crippen molar-refractivity contribution in [3.05, 3.63) is 34.3 Å². The fraction of sp³-hybridized carbons (Fsp3) is 0.417. The zero-order chi connectivity index (χ0) is 11.2. The van der Waals surface area contributed by atoms with Gasteiger partial charge in [-0.2, -0.15) is 0 Å². The van der Waals surface area contributed by atoms with Crippen LogP contribution >= 0.6 is 15.9 Å². The van der Waals surface area contributed by atoms with E-state index in [1.807, 2.05) is 24.3 Å². The van der Waals surface area contributed by atoms with Crippen LogP contribution in [-0.4, -0.2) is 11.6 Å². The zero-order valence-electron chi connectivity index (χ0n) is 8.79. The Morgan fingerprint density at radius 3 is 2.75 bits per heavy atom. The summed E-state index contributed by atoms with van der Waals surface area (Å²) >= 11 is 3.43. The summed E-state index contributed by atoms with van der Waals surface area (Å²) in [6, 6.07) is 7.71. The molecule has 0 unspecified atom stereocenters. The van der Waals surface area contributed by atoms with Gasteiger partial charge < -0.3 is 5.32 Å². The van der Waals surface area contributed by atoms with Crippen LogP contribution in [0, 0.1) is 0 Å². The number of benzene rings is 1. The van der Waals surface area contributed by atoms with Crippen molar-refractivity contribution in [2.75, 3.05) is 0 Å². The highest BCUT2D eigenvalue weighted by molar-refractivity contribution is 9.10. The Hall–Kier alpha value is -0.870. The quantitative estimate of drug-likeness (QED) is 0.827. The van der Waals surface area contributed by atoms with Gasteiger partial charge in [-0.25, -0.2) is 0 Å². The molecule has 3 rings (SSSR count). The summed E-state index contributed by atoms with van der Waals surface area (Å²) in [6.07, 6.45) is 3.28. The third-order valence-electron chi connectivity index (χ3n) is 3.43. The standard InChI is InChI=1S/C12H13BrN2O/c13-9-4-1-3-8(7-9)10-11(16)15-12(14-10)5-2-6-12/h1,3-4,7,10,14H,2,5-6H2,(H,15,16)/t10-/m1/s1. The van der Waals surface area contributed by atoms with Crippen molar-refractivity contribution in [3.63, 3.8) is 0 Å². The van der Waals surface area contributed by atoms with Crippen molar-refractivity contribution < 1.29 is 4.79 Å². The summed E-state index contributed by atoms with van der Waals surface area (Å²) in [5, 5.41) is 6.49. The third-order valence-corrected chi connectivity index (χ3v) is 3.93. The molecule has 1 aliphatic carbocycles. The molecule has 1 aliphatic heterocycles. The molecule has 1 heterocycles. The average Bonchev–Trinajstić information content (AvgIpc) is 2.56. The molecule has 1 aromatic rings. The maximum atomic E-state index is 11.9. The normalized spacial score (nSPS) is 26.6. The van der Waals surface area contributed by atoms with E-state index in [0.29, 0.717) is 0 Å². The number of halogens is 1. The van der Waals surface area contributed by atoms with Gasteiger partial charge in [-0.05, 0) is 37.0 Å². The van der Waals surface area contributed by atoms with Crippen molar-refractivity contribution in [1.82, 2.24) is 10.6 Å².